The second-order valence-corrected chi connectivity index (χ2v) is 9.12. The number of carbonyl (C=O) groups is 1. The number of amides is 1. The molecule has 4 nitrogen and oxygen atoms in total. The number of fused-ring (bicyclic) bond motifs is 1. The van der Waals surface area contributed by atoms with Crippen molar-refractivity contribution in [2.24, 2.45) is 0 Å². The van der Waals surface area contributed by atoms with Crippen molar-refractivity contribution in [2.45, 2.75) is 25.3 Å². The highest BCUT2D eigenvalue weighted by atomic mass is 32.1. The van der Waals surface area contributed by atoms with E-state index in [-0.39, 0.29) is 17.9 Å². The van der Waals surface area contributed by atoms with E-state index in [1.165, 1.54) is 20.7 Å². The fourth-order valence-electron chi connectivity index (χ4n) is 3.54. The van der Waals surface area contributed by atoms with Crippen molar-refractivity contribution in [3.63, 3.8) is 0 Å². The lowest BCUT2D eigenvalue weighted by atomic mass is 9.96. The van der Waals surface area contributed by atoms with Crippen molar-refractivity contribution in [3.8, 4) is 0 Å². The zero-order chi connectivity index (χ0) is 20.1. The minimum absolute atomic E-state index is 0.0467. The summed E-state index contributed by atoms with van der Waals surface area (Å²) < 4.78 is 0. The first-order valence-corrected chi connectivity index (χ1v) is 11.6. The molecule has 1 aromatic carbocycles. The Labute approximate surface area is 179 Å². The Morgan fingerprint density at radius 1 is 1.07 bits per heavy atom. The summed E-state index contributed by atoms with van der Waals surface area (Å²) in [6, 6.07) is 16.5. The third-order valence-electron chi connectivity index (χ3n) is 5.16. The number of hydrogen-bond acceptors (Lipinski definition) is 4. The molecule has 0 unspecified atom stereocenters. The number of thiophene rings is 2. The van der Waals surface area contributed by atoms with Crippen LogP contribution in [0.15, 0.2) is 65.5 Å². The van der Waals surface area contributed by atoms with Crippen LogP contribution in [0.3, 0.4) is 0 Å². The van der Waals surface area contributed by atoms with Crippen LogP contribution in [-0.2, 0) is 11.2 Å². The van der Waals surface area contributed by atoms with Crippen molar-refractivity contribution in [1.82, 2.24) is 15.6 Å². The van der Waals surface area contributed by atoms with Crippen molar-refractivity contribution >= 4 is 39.5 Å². The lowest BCUT2D eigenvalue weighted by Crippen LogP contribution is -2.44. The molecule has 0 saturated carbocycles. The summed E-state index contributed by atoms with van der Waals surface area (Å²) in [5, 5.41) is 11.9. The van der Waals surface area contributed by atoms with E-state index < -0.39 is 0 Å². The molecule has 0 radical (unpaired) electrons. The Kier molecular flexibility index (Phi) is 6.44. The zero-order valence-corrected chi connectivity index (χ0v) is 18.0. The van der Waals surface area contributed by atoms with Gasteiger partial charge in [0.25, 0.3) is 0 Å². The van der Waals surface area contributed by atoms with Gasteiger partial charge in [0.1, 0.15) is 0 Å². The summed E-state index contributed by atoms with van der Waals surface area (Å²) >= 11 is 3.48. The molecule has 2 atom stereocenters. The van der Waals surface area contributed by atoms with Gasteiger partial charge in [0.2, 0.25) is 5.91 Å². The van der Waals surface area contributed by atoms with Gasteiger partial charge in [-0.05, 0) is 47.9 Å². The van der Waals surface area contributed by atoms with Gasteiger partial charge >= 0.3 is 0 Å². The van der Waals surface area contributed by atoms with Crippen LogP contribution in [0.25, 0.3) is 10.9 Å². The first-order valence-electron chi connectivity index (χ1n) is 9.85. The summed E-state index contributed by atoms with van der Waals surface area (Å²) in [6.07, 6.45) is 2.98. The number of hydrogen-bond donors (Lipinski definition) is 3. The largest absolute Gasteiger partial charge is 0.361 e. The highest BCUT2D eigenvalue weighted by molar-refractivity contribution is 7.10. The minimum atomic E-state index is -0.244. The molecule has 0 spiro atoms. The van der Waals surface area contributed by atoms with E-state index in [1.54, 1.807) is 22.7 Å². The zero-order valence-electron chi connectivity index (χ0n) is 16.4. The average Bonchev–Trinajstić information content (AvgIpc) is 3.50. The number of para-hydroxylation sites is 1. The first-order chi connectivity index (χ1) is 14.2. The normalized spacial score (nSPS) is 13.4. The Balaban J connectivity index is 1.40. The van der Waals surface area contributed by atoms with Crippen molar-refractivity contribution in [3.05, 3.63) is 80.8 Å². The topological polar surface area (TPSA) is 56.9 Å². The van der Waals surface area contributed by atoms with Crippen LogP contribution < -0.4 is 10.6 Å². The van der Waals surface area contributed by atoms with E-state index in [0.717, 1.165) is 11.9 Å². The van der Waals surface area contributed by atoms with Crippen LogP contribution in [0.1, 0.15) is 28.2 Å². The van der Waals surface area contributed by atoms with Gasteiger partial charge in [-0.1, -0.05) is 30.3 Å². The number of aromatic nitrogens is 1. The van der Waals surface area contributed by atoms with E-state index in [4.69, 9.17) is 0 Å². The van der Waals surface area contributed by atoms with E-state index in [1.807, 2.05) is 19.1 Å². The first kappa shape index (κ1) is 19.9. The Bertz CT molecular complexity index is 1040. The average molecular weight is 424 g/mol. The molecule has 0 aliphatic carbocycles. The van der Waals surface area contributed by atoms with Crippen LogP contribution in [0, 0.1) is 0 Å². The molecular weight excluding hydrogens is 398 g/mol. The quantitative estimate of drug-likeness (QED) is 0.364. The highest BCUT2D eigenvalue weighted by Crippen LogP contribution is 2.32. The van der Waals surface area contributed by atoms with Gasteiger partial charge in [-0.25, -0.2) is 0 Å². The van der Waals surface area contributed by atoms with Crippen molar-refractivity contribution in [2.75, 3.05) is 13.1 Å². The van der Waals surface area contributed by atoms with Crippen LogP contribution in [0.5, 0.6) is 0 Å². The molecule has 0 saturated heterocycles. The Hall–Kier alpha value is -2.41. The summed E-state index contributed by atoms with van der Waals surface area (Å²) in [5.41, 5.74) is 2.41. The monoisotopic (exact) mass is 423 g/mol. The van der Waals surface area contributed by atoms with Gasteiger partial charge in [-0.2, -0.15) is 0 Å². The molecule has 4 aromatic rings. The maximum absolute atomic E-state index is 12.5. The van der Waals surface area contributed by atoms with Crippen LogP contribution in [0.4, 0.5) is 0 Å². The lowest BCUT2D eigenvalue weighted by Gasteiger charge is -2.20. The standard InChI is InChI=1S/C23H25N3OS2/c1-16(23(27)24-11-10-17-6-4-12-28-17)25-15-20(22-9-5-13-29-22)19-14-26-21-8-3-2-7-18(19)21/h2-9,12-14,16,20,25-26H,10-11,15H2,1H3,(H,24,27)/t16-,20+/m0/s1. The van der Waals surface area contributed by atoms with Gasteiger partial charge in [0.15, 0.2) is 0 Å². The maximum atomic E-state index is 12.5. The van der Waals surface area contributed by atoms with Crippen LogP contribution >= 0.6 is 22.7 Å². The fourth-order valence-corrected chi connectivity index (χ4v) is 5.09. The van der Waals surface area contributed by atoms with Gasteiger partial charge in [-0.3, -0.25) is 4.79 Å². The van der Waals surface area contributed by atoms with Crippen molar-refractivity contribution < 1.29 is 4.79 Å². The number of aromatic amines is 1. The predicted molar refractivity (Wildman–Crippen MR) is 123 cm³/mol. The van der Waals surface area contributed by atoms with Crippen LogP contribution in [0.2, 0.25) is 0 Å². The number of benzene rings is 1. The molecule has 150 valence electrons. The van der Waals surface area contributed by atoms with E-state index in [9.17, 15) is 4.79 Å². The minimum Gasteiger partial charge on any atom is -0.361 e. The molecular formula is C23H25N3OS2. The Morgan fingerprint density at radius 2 is 1.90 bits per heavy atom. The molecule has 0 bridgehead atoms. The molecule has 4 rings (SSSR count). The molecule has 1 amide bonds. The lowest BCUT2D eigenvalue weighted by molar-refractivity contribution is -0.122. The molecule has 6 heteroatoms. The van der Waals surface area contributed by atoms with Gasteiger partial charge < -0.3 is 15.6 Å². The third kappa shape index (κ3) is 4.78. The second kappa shape index (κ2) is 9.39. The Morgan fingerprint density at radius 3 is 2.69 bits per heavy atom. The number of rotatable bonds is 9. The van der Waals surface area contributed by atoms with Gasteiger partial charge in [0, 0.05) is 45.9 Å². The van der Waals surface area contributed by atoms with Gasteiger partial charge in [0.05, 0.1) is 6.04 Å². The third-order valence-corrected chi connectivity index (χ3v) is 7.08. The number of carbonyl (C=O) groups excluding carboxylic acids is 1. The predicted octanol–water partition coefficient (Wildman–Crippen LogP) is 4.76. The summed E-state index contributed by atoms with van der Waals surface area (Å²) in [5.74, 6) is 0.248. The maximum Gasteiger partial charge on any atom is 0.236 e. The number of H-pyrrole nitrogens is 1. The van der Waals surface area contributed by atoms with Crippen LogP contribution in [-0.4, -0.2) is 30.0 Å². The molecule has 0 aliphatic rings. The molecule has 3 aromatic heterocycles. The van der Waals surface area contributed by atoms with E-state index in [0.29, 0.717) is 13.1 Å². The molecule has 0 aliphatic heterocycles. The van der Waals surface area contributed by atoms with E-state index >= 15 is 0 Å². The SMILES string of the molecule is C[C@H](NC[C@@H](c1cccs1)c1c[nH]c2ccccc12)C(=O)NCCc1cccs1. The molecule has 3 N–H and O–H groups in total. The molecule has 3 heterocycles. The smallest absolute Gasteiger partial charge is 0.236 e. The van der Waals surface area contributed by atoms with E-state index in [2.05, 4.69) is 69.0 Å². The summed E-state index contributed by atoms with van der Waals surface area (Å²) in [7, 11) is 0. The molecule has 29 heavy (non-hydrogen) atoms. The summed E-state index contributed by atoms with van der Waals surface area (Å²) in [6.45, 7) is 3.31. The van der Waals surface area contributed by atoms with Crippen molar-refractivity contribution in [1.29, 1.82) is 0 Å². The second-order valence-electron chi connectivity index (χ2n) is 7.11. The molecule has 0 fully saturated rings. The van der Waals surface area contributed by atoms with Gasteiger partial charge in [-0.15, -0.1) is 22.7 Å². The summed E-state index contributed by atoms with van der Waals surface area (Å²) in [4.78, 5) is 18.5. The number of nitrogens with one attached hydrogen (secondary N) is 3. The highest BCUT2D eigenvalue weighted by Gasteiger charge is 2.21. The fraction of sp³-hybridized carbons (Fsp3) is 0.261.